The van der Waals surface area contributed by atoms with Gasteiger partial charge in [0.05, 0.1) is 5.69 Å². The second kappa shape index (κ2) is 6.15. The van der Waals surface area contributed by atoms with Crippen molar-refractivity contribution in [2.45, 2.75) is 64.0 Å². The van der Waals surface area contributed by atoms with E-state index in [0.29, 0.717) is 11.5 Å². The van der Waals surface area contributed by atoms with E-state index < -0.39 is 0 Å². The summed E-state index contributed by atoms with van der Waals surface area (Å²) in [6.07, 6.45) is 3.59. The standard InChI is InChI=1S/C15H26N2S2/c1-6-10(2)18-9-13-17-12-8-15(3,4)7-11(16-5)14(12)19-13/h10-11,16H,6-9H2,1-5H3. The normalized spacial score (nSPS) is 23.1. The van der Waals surface area contributed by atoms with E-state index in [1.807, 2.05) is 23.1 Å². The van der Waals surface area contributed by atoms with Gasteiger partial charge in [-0.25, -0.2) is 4.98 Å². The SMILES string of the molecule is CCC(C)SCc1nc2c(s1)C(NC)CC(C)(C)C2. The highest BCUT2D eigenvalue weighted by molar-refractivity contribution is 7.99. The fourth-order valence-corrected chi connectivity index (χ4v) is 4.77. The van der Waals surface area contributed by atoms with Gasteiger partial charge >= 0.3 is 0 Å². The van der Waals surface area contributed by atoms with Crippen LogP contribution in [0.25, 0.3) is 0 Å². The lowest BCUT2D eigenvalue weighted by Crippen LogP contribution is -2.30. The van der Waals surface area contributed by atoms with Crippen LogP contribution in [0.2, 0.25) is 0 Å². The molecule has 1 aromatic heterocycles. The minimum Gasteiger partial charge on any atom is -0.312 e. The highest BCUT2D eigenvalue weighted by Crippen LogP contribution is 2.43. The summed E-state index contributed by atoms with van der Waals surface area (Å²) in [7, 11) is 2.07. The number of hydrogen-bond acceptors (Lipinski definition) is 4. The number of thiazole rings is 1. The van der Waals surface area contributed by atoms with Crippen LogP contribution >= 0.6 is 23.1 Å². The quantitative estimate of drug-likeness (QED) is 0.871. The van der Waals surface area contributed by atoms with Gasteiger partial charge in [-0.1, -0.05) is 27.7 Å². The van der Waals surface area contributed by atoms with Gasteiger partial charge in [0.15, 0.2) is 0 Å². The maximum Gasteiger partial charge on any atom is 0.103 e. The first kappa shape index (κ1) is 15.3. The van der Waals surface area contributed by atoms with E-state index in [1.165, 1.54) is 28.4 Å². The Kier molecular flexibility index (Phi) is 4.96. The number of nitrogens with one attached hydrogen (secondary N) is 1. The lowest BCUT2D eigenvalue weighted by molar-refractivity contribution is 0.265. The zero-order chi connectivity index (χ0) is 14.0. The van der Waals surface area contributed by atoms with Crippen molar-refractivity contribution in [2.24, 2.45) is 5.41 Å². The topological polar surface area (TPSA) is 24.9 Å². The Hall–Kier alpha value is -0.0600. The molecule has 1 aliphatic rings. The van der Waals surface area contributed by atoms with Crippen LogP contribution in [0.15, 0.2) is 0 Å². The molecule has 0 radical (unpaired) electrons. The first-order chi connectivity index (χ1) is 8.95. The predicted octanol–water partition coefficient (Wildman–Crippen LogP) is 4.41. The Balaban J connectivity index is 2.13. The molecule has 2 rings (SSSR count). The Morgan fingerprint density at radius 2 is 2.26 bits per heavy atom. The van der Waals surface area contributed by atoms with Crippen LogP contribution < -0.4 is 5.32 Å². The fraction of sp³-hybridized carbons (Fsp3) is 0.800. The molecule has 1 N–H and O–H groups in total. The Morgan fingerprint density at radius 3 is 2.89 bits per heavy atom. The lowest BCUT2D eigenvalue weighted by atomic mass is 9.76. The highest BCUT2D eigenvalue weighted by Gasteiger charge is 2.34. The minimum atomic E-state index is 0.371. The summed E-state index contributed by atoms with van der Waals surface area (Å²) in [5.41, 5.74) is 1.72. The van der Waals surface area contributed by atoms with Gasteiger partial charge in [0, 0.05) is 21.9 Å². The van der Waals surface area contributed by atoms with Gasteiger partial charge in [-0.15, -0.1) is 11.3 Å². The van der Waals surface area contributed by atoms with Gasteiger partial charge in [0.25, 0.3) is 0 Å². The third-order valence-electron chi connectivity index (χ3n) is 3.91. The number of rotatable bonds is 5. The number of thioether (sulfide) groups is 1. The molecule has 2 nitrogen and oxygen atoms in total. The molecule has 2 unspecified atom stereocenters. The largest absolute Gasteiger partial charge is 0.312 e. The molecule has 0 amide bonds. The molecule has 1 aromatic rings. The second-order valence-corrected chi connectivity index (χ2v) is 8.88. The minimum absolute atomic E-state index is 0.371. The average molecular weight is 299 g/mol. The molecule has 0 saturated carbocycles. The molecule has 0 aliphatic heterocycles. The van der Waals surface area contributed by atoms with Crippen LogP contribution in [0.1, 0.15) is 62.2 Å². The van der Waals surface area contributed by atoms with E-state index in [9.17, 15) is 0 Å². The van der Waals surface area contributed by atoms with Gasteiger partial charge in [0.1, 0.15) is 5.01 Å². The number of hydrogen-bond donors (Lipinski definition) is 1. The van der Waals surface area contributed by atoms with Crippen LogP contribution in [0.5, 0.6) is 0 Å². The first-order valence-electron chi connectivity index (χ1n) is 7.22. The molecule has 0 saturated heterocycles. The zero-order valence-electron chi connectivity index (χ0n) is 12.7. The molecule has 1 aliphatic carbocycles. The third kappa shape index (κ3) is 3.73. The molecular weight excluding hydrogens is 272 g/mol. The summed E-state index contributed by atoms with van der Waals surface area (Å²) in [5.74, 6) is 1.07. The summed E-state index contributed by atoms with van der Waals surface area (Å²) in [6.45, 7) is 9.27. The summed E-state index contributed by atoms with van der Waals surface area (Å²) in [6, 6.07) is 0.499. The molecule has 108 valence electrons. The fourth-order valence-electron chi connectivity index (χ4n) is 2.61. The zero-order valence-corrected chi connectivity index (χ0v) is 14.4. The van der Waals surface area contributed by atoms with Crippen LogP contribution in [0.4, 0.5) is 0 Å². The molecular formula is C15H26N2S2. The molecule has 1 heterocycles. The summed E-state index contributed by atoms with van der Waals surface area (Å²) in [4.78, 5) is 6.40. The van der Waals surface area contributed by atoms with E-state index >= 15 is 0 Å². The van der Waals surface area contributed by atoms with Crippen molar-refractivity contribution >= 4 is 23.1 Å². The number of nitrogens with zero attached hydrogens (tertiary/aromatic N) is 1. The number of aromatic nitrogens is 1. The van der Waals surface area contributed by atoms with Gasteiger partial charge in [-0.2, -0.15) is 11.8 Å². The third-order valence-corrected chi connectivity index (χ3v) is 6.64. The molecule has 0 spiro atoms. The van der Waals surface area contributed by atoms with Crippen molar-refractivity contribution in [3.63, 3.8) is 0 Å². The maximum absolute atomic E-state index is 4.91. The molecule has 4 heteroatoms. The Morgan fingerprint density at radius 1 is 1.53 bits per heavy atom. The summed E-state index contributed by atoms with van der Waals surface area (Å²) in [5, 5.41) is 5.52. The Bertz CT molecular complexity index is 426. The molecule has 19 heavy (non-hydrogen) atoms. The lowest BCUT2D eigenvalue weighted by Gasteiger charge is -2.34. The average Bonchev–Trinajstić information content (AvgIpc) is 2.76. The van der Waals surface area contributed by atoms with Gasteiger partial charge < -0.3 is 5.32 Å². The van der Waals surface area contributed by atoms with Crippen LogP contribution in [0.3, 0.4) is 0 Å². The molecule has 0 aromatic carbocycles. The van der Waals surface area contributed by atoms with E-state index in [4.69, 9.17) is 4.98 Å². The first-order valence-corrected chi connectivity index (χ1v) is 9.09. The van der Waals surface area contributed by atoms with E-state index in [0.717, 1.165) is 17.4 Å². The predicted molar refractivity (Wildman–Crippen MR) is 87.1 cm³/mol. The summed E-state index contributed by atoms with van der Waals surface area (Å²) >= 11 is 3.96. The smallest absolute Gasteiger partial charge is 0.103 e. The second-order valence-electron chi connectivity index (χ2n) is 6.33. The summed E-state index contributed by atoms with van der Waals surface area (Å²) < 4.78 is 0. The van der Waals surface area contributed by atoms with Gasteiger partial charge in [-0.05, 0) is 31.7 Å². The molecule has 0 bridgehead atoms. The van der Waals surface area contributed by atoms with E-state index in [-0.39, 0.29) is 0 Å². The van der Waals surface area contributed by atoms with Crippen LogP contribution in [-0.4, -0.2) is 17.3 Å². The van der Waals surface area contributed by atoms with E-state index in [1.54, 1.807) is 0 Å². The van der Waals surface area contributed by atoms with Crippen molar-refractivity contribution in [1.82, 2.24) is 10.3 Å². The highest BCUT2D eigenvalue weighted by atomic mass is 32.2. The van der Waals surface area contributed by atoms with Gasteiger partial charge in [-0.3, -0.25) is 0 Å². The number of fused-ring (bicyclic) bond motifs is 1. The monoisotopic (exact) mass is 298 g/mol. The van der Waals surface area contributed by atoms with Crippen molar-refractivity contribution < 1.29 is 0 Å². The van der Waals surface area contributed by atoms with Gasteiger partial charge in [0.2, 0.25) is 0 Å². The van der Waals surface area contributed by atoms with Crippen molar-refractivity contribution in [2.75, 3.05) is 7.05 Å². The van der Waals surface area contributed by atoms with E-state index in [2.05, 4.69) is 40.1 Å². The van der Waals surface area contributed by atoms with Crippen molar-refractivity contribution in [1.29, 1.82) is 0 Å². The van der Waals surface area contributed by atoms with Crippen molar-refractivity contribution in [3.05, 3.63) is 15.6 Å². The maximum atomic E-state index is 4.91. The van der Waals surface area contributed by atoms with Crippen LogP contribution in [-0.2, 0) is 12.2 Å². The van der Waals surface area contributed by atoms with Crippen LogP contribution in [0, 0.1) is 5.41 Å². The van der Waals surface area contributed by atoms with Crippen molar-refractivity contribution in [3.8, 4) is 0 Å². The Labute approximate surface area is 125 Å². The molecule has 0 fully saturated rings. The molecule has 2 atom stereocenters.